The van der Waals surface area contributed by atoms with E-state index < -0.39 is 0 Å². The third-order valence-corrected chi connectivity index (χ3v) is 3.49. The van der Waals surface area contributed by atoms with Crippen LogP contribution in [0.4, 0.5) is 0 Å². The summed E-state index contributed by atoms with van der Waals surface area (Å²) in [6, 6.07) is 7.57. The standard InChI is InChI=1S/C15H19N3O3/c1-19-12-6-4-11(5-7-12)15-17-14(21-18-15)10-16-9-13-3-2-8-20-13/h4-7,13,16H,2-3,8-10H2,1H3. The summed E-state index contributed by atoms with van der Waals surface area (Å²) in [5.41, 5.74) is 0.907. The van der Waals surface area contributed by atoms with Crippen molar-refractivity contribution in [3.63, 3.8) is 0 Å². The Kier molecular flexibility index (Phi) is 4.47. The lowest BCUT2D eigenvalue weighted by Crippen LogP contribution is -2.25. The summed E-state index contributed by atoms with van der Waals surface area (Å²) in [4.78, 5) is 4.38. The minimum absolute atomic E-state index is 0.314. The number of benzene rings is 1. The van der Waals surface area contributed by atoms with Crippen LogP contribution in [0, 0.1) is 0 Å². The molecule has 1 aromatic carbocycles. The number of ether oxygens (including phenoxy) is 2. The molecule has 0 bridgehead atoms. The minimum Gasteiger partial charge on any atom is -0.497 e. The minimum atomic E-state index is 0.314. The van der Waals surface area contributed by atoms with E-state index in [4.69, 9.17) is 14.0 Å². The first-order valence-electron chi connectivity index (χ1n) is 7.14. The second kappa shape index (κ2) is 6.69. The van der Waals surface area contributed by atoms with Crippen LogP contribution in [-0.4, -0.2) is 36.5 Å². The van der Waals surface area contributed by atoms with Crippen LogP contribution in [0.2, 0.25) is 0 Å². The van der Waals surface area contributed by atoms with Gasteiger partial charge in [-0.05, 0) is 37.1 Å². The molecule has 0 amide bonds. The molecule has 6 nitrogen and oxygen atoms in total. The molecule has 1 N–H and O–H groups in total. The van der Waals surface area contributed by atoms with Crippen LogP contribution >= 0.6 is 0 Å². The van der Waals surface area contributed by atoms with Crippen LogP contribution in [-0.2, 0) is 11.3 Å². The van der Waals surface area contributed by atoms with E-state index >= 15 is 0 Å². The Morgan fingerprint density at radius 1 is 1.33 bits per heavy atom. The van der Waals surface area contributed by atoms with Gasteiger partial charge in [0.1, 0.15) is 5.75 Å². The van der Waals surface area contributed by atoms with Gasteiger partial charge in [0, 0.05) is 18.7 Å². The molecule has 1 aliphatic heterocycles. The van der Waals surface area contributed by atoms with E-state index in [2.05, 4.69) is 15.5 Å². The van der Waals surface area contributed by atoms with Crippen molar-refractivity contribution >= 4 is 0 Å². The van der Waals surface area contributed by atoms with Crippen molar-refractivity contribution in [2.45, 2.75) is 25.5 Å². The number of hydrogen-bond donors (Lipinski definition) is 1. The zero-order valence-corrected chi connectivity index (χ0v) is 12.0. The van der Waals surface area contributed by atoms with E-state index in [1.54, 1.807) is 7.11 Å². The molecule has 1 fully saturated rings. The van der Waals surface area contributed by atoms with Crippen LogP contribution < -0.4 is 10.1 Å². The Balaban J connectivity index is 1.54. The Hall–Kier alpha value is -1.92. The molecule has 2 heterocycles. The Bertz CT molecular complexity index is 562. The fourth-order valence-corrected chi connectivity index (χ4v) is 2.33. The molecule has 6 heteroatoms. The smallest absolute Gasteiger partial charge is 0.240 e. The first-order valence-corrected chi connectivity index (χ1v) is 7.14. The van der Waals surface area contributed by atoms with Crippen LogP contribution in [0.5, 0.6) is 5.75 Å². The predicted octanol–water partition coefficient (Wildman–Crippen LogP) is 2.01. The topological polar surface area (TPSA) is 69.4 Å². The van der Waals surface area contributed by atoms with E-state index in [1.807, 2.05) is 24.3 Å². The summed E-state index contributed by atoms with van der Waals surface area (Å²) in [6.45, 7) is 2.25. The maximum absolute atomic E-state index is 5.55. The highest BCUT2D eigenvalue weighted by molar-refractivity contribution is 5.55. The van der Waals surface area contributed by atoms with Crippen molar-refractivity contribution < 1.29 is 14.0 Å². The van der Waals surface area contributed by atoms with Gasteiger partial charge < -0.3 is 19.3 Å². The number of rotatable bonds is 6. The van der Waals surface area contributed by atoms with Gasteiger partial charge in [0.15, 0.2) is 0 Å². The quantitative estimate of drug-likeness (QED) is 0.877. The van der Waals surface area contributed by atoms with Crippen molar-refractivity contribution in [2.24, 2.45) is 0 Å². The average molecular weight is 289 g/mol. The number of methoxy groups -OCH3 is 1. The van der Waals surface area contributed by atoms with Crippen molar-refractivity contribution in [1.29, 1.82) is 0 Å². The first-order chi connectivity index (χ1) is 10.3. The van der Waals surface area contributed by atoms with Crippen molar-refractivity contribution in [2.75, 3.05) is 20.3 Å². The molecule has 1 aromatic heterocycles. The second-order valence-electron chi connectivity index (χ2n) is 5.01. The third-order valence-electron chi connectivity index (χ3n) is 3.49. The van der Waals surface area contributed by atoms with Gasteiger partial charge in [-0.1, -0.05) is 5.16 Å². The van der Waals surface area contributed by atoms with Gasteiger partial charge in [-0.3, -0.25) is 0 Å². The van der Waals surface area contributed by atoms with Crippen molar-refractivity contribution in [1.82, 2.24) is 15.5 Å². The van der Waals surface area contributed by atoms with Gasteiger partial charge in [-0.15, -0.1) is 0 Å². The molecule has 0 aliphatic carbocycles. The molecule has 0 radical (unpaired) electrons. The highest BCUT2D eigenvalue weighted by Gasteiger charge is 2.15. The van der Waals surface area contributed by atoms with Crippen molar-refractivity contribution in [3.05, 3.63) is 30.2 Å². The summed E-state index contributed by atoms with van der Waals surface area (Å²) in [6.07, 6.45) is 2.58. The van der Waals surface area contributed by atoms with Gasteiger partial charge in [-0.25, -0.2) is 0 Å². The highest BCUT2D eigenvalue weighted by Crippen LogP contribution is 2.19. The van der Waals surface area contributed by atoms with E-state index in [1.165, 1.54) is 0 Å². The summed E-state index contributed by atoms with van der Waals surface area (Å²) >= 11 is 0. The molecule has 21 heavy (non-hydrogen) atoms. The molecular weight excluding hydrogens is 270 g/mol. The van der Waals surface area contributed by atoms with Gasteiger partial charge in [0.2, 0.25) is 11.7 Å². The molecule has 1 unspecified atom stereocenters. The highest BCUT2D eigenvalue weighted by atomic mass is 16.5. The number of aromatic nitrogens is 2. The zero-order chi connectivity index (χ0) is 14.5. The van der Waals surface area contributed by atoms with E-state index in [0.29, 0.717) is 24.4 Å². The largest absolute Gasteiger partial charge is 0.497 e. The Labute approximate surface area is 123 Å². The molecule has 3 rings (SSSR count). The summed E-state index contributed by atoms with van der Waals surface area (Å²) in [5.74, 6) is 1.98. The number of hydrogen-bond acceptors (Lipinski definition) is 6. The lowest BCUT2D eigenvalue weighted by atomic mass is 10.2. The van der Waals surface area contributed by atoms with E-state index in [0.717, 1.165) is 37.3 Å². The molecule has 1 saturated heterocycles. The maximum Gasteiger partial charge on any atom is 0.240 e. The van der Waals surface area contributed by atoms with E-state index in [9.17, 15) is 0 Å². The van der Waals surface area contributed by atoms with E-state index in [-0.39, 0.29) is 0 Å². The van der Waals surface area contributed by atoms with Crippen LogP contribution in [0.25, 0.3) is 11.4 Å². The van der Waals surface area contributed by atoms with Gasteiger partial charge in [-0.2, -0.15) is 4.98 Å². The zero-order valence-electron chi connectivity index (χ0n) is 12.0. The molecule has 1 aliphatic rings. The van der Waals surface area contributed by atoms with Crippen LogP contribution in [0.15, 0.2) is 28.8 Å². The van der Waals surface area contributed by atoms with Crippen molar-refractivity contribution in [3.8, 4) is 17.1 Å². The predicted molar refractivity (Wildman–Crippen MR) is 77.0 cm³/mol. The maximum atomic E-state index is 5.55. The van der Waals surface area contributed by atoms with Crippen LogP contribution in [0.3, 0.4) is 0 Å². The van der Waals surface area contributed by atoms with Gasteiger partial charge in [0.05, 0.1) is 19.8 Å². The summed E-state index contributed by atoms with van der Waals surface area (Å²) < 4.78 is 15.9. The molecular formula is C15H19N3O3. The number of nitrogens with zero attached hydrogens (tertiary/aromatic N) is 2. The fourth-order valence-electron chi connectivity index (χ4n) is 2.33. The molecule has 0 spiro atoms. The fraction of sp³-hybridized carbons (Fsp3) is 0.467. The lowest BCUT2D eigenvalue weighted by Gasteiger charge is -2.08. The van der Waals surface area contributed by atoms with Gasteiger partial charge >= 0.3 is 0 Å². The lowest BCUT2D eigenvalue weighted by molar-refractivity contribution is 0.109. The monoisotopic (exact) mass is 289 g/mol. The Morgan fingerprint density at radius 2 is 2.19 bits per heavy atom. The SMILES string of the molecule is COc1ccc(-c2noc(CNCC3CCCO3)n2)cc1. The first kappa shape index (κ1) is 14.0. The summed E-state index contributed by atoms with van der Waals surface area (Å²) in [5, 5.41) is 7.28. The Morgan fingerprint density at radius 3 is 2.90 bits per heavy atom. The van der Waals surface area contributed by atoms with Gasteiger partial charge in [0.25, 0.3) is 0 Å². The molecule has 2 aromatic rings. The normalized spacial score (nSPS) is 18.0. The number of nitrogens with one attached hydrogen (secondary N) is 1. The average Bonchev–Trinajstić information content (AvgIpc) is 3.19. The molecule has 112 valence electrons. The third kappa shape index (κ3) is 3.59. The molecule has 0 saturated carbocycles. The second-order valence-corrected chi connectivity index (χ2v) is 5.01. The van der Waals surface area contributed by atoms with Crippen LogP contribution in [0.1, 0.15) is 18.7 Å². The molecule has 1 atom stereocenters. The summed E-state index contributed by atoms with van der Waals surface area (Å²) in [7, 11) is 1.64.